The quantitative estimate of drug-likeness (QED) is 0.394. The van der Waals surface area contributed by atoms with Crippen molar-refractivity contribution in [2.75, 3.05) is 19.7 Å². The topological polar surface area (TPSA) is 116 Å². The van der Waals surface area contributed by atoms with Crippen molar-refractivity contribution in [3.8, 4) is 28.6 Å². The van der Waals surface area contributed by atoms with Crippen LogP contribution in [0.1, 0.15) is 24.8 Å². The average Bonchev–Trinajstić information content (AvgIpc) is 2.93. The van der Waals surface area contributed by atoms with Gasteiger partial charge in [0.05, 0.1) is 11.4 Å². The number of aromatic nitrogens is 3. The van der Waals surface area contributed by atoms with E-state index in [-0.39, 0.29) is 24.0 Å². The molecule has 1 N–H and O–H groups in total. The summed E-state index contributed by atoms with van der Waals surface area (Å²) in [6.45, 7) is 2.96. The van der Waals surface area contributed by atoms with E-state index in [1.54, 1.807) is 41.3 Å². The lowest BCUT2D eigenvalue weighted by atomic mass is 10.1. The van der Waals surface area contributed by atoms with Gasteiger partial charge >= 0.3 is 17.1 Å². The van der Waals surface area contributed by atoms with Gasteiger partial charge in [-0.3, -0.25) is 9.78 Å². The van der Waals surface area contributed by atoms with Crippen LogP contribution in [0.3, 0.4) is 0 Å². The van der Waals surface area contributed by atoms with Gasteiger partial charge in [-0.2, -0.15) is 0 Å². The monoisotopic (exact) mass is 528 g/mol. The Bertz CT molecular complexity index is 1670. The summed E-state index contributed by atoms with van der Waals surface area (Å²) in [6, 6.07) is 20.4. The van der Waals surface area contributed by atoms with Gasteiger partial charge in [0.15, 0.2) is 18.1 Å². The fourth-order valence-corrected chi connectivity index (χ4v) is 4.52. The lowest BCUT2D eigenvalue weighted by Crippen LogP contribution is -2.48. The lowest BCUT2D eigenvalue weighted by Gasteiger charge is -2.26. The molecule has 0 bridgehead atoms. The summed E-state index contributed by atoms with van der Waals surface area (Å²) >= 11 is 0. The Balaban J connectivity index is 1.55. The van der Waals surface area contributed by atoms with E-state index in [9.17, 15) is 19.2 Å². The minimum absolute atomic E-state index is 0.142. The molecule has 39 heavy (non-hydrogen) atoms. The second-order valence-corrected chi connectivity index (χ2v) is 9.30. The number of rotatable bonds is 7. The molecule has 1 aliphatic rings. The van der Waals surface area contributed by atoms with Crippen molar-refractivity contribution in [2.45, 2.75) is 26.2 Å². The Morgan fingerprint density at radius 3 is 2.18 bits per heavy atom. The molecule has 0 saturated carbocycles. The number of likely N-dealkylation sites (tertiary alicyclic amines) is 1. The van der Waals surface area contributed by atoms with Gasteiger partial charge < -0.3 is 14.4 Å². The lowest BCUT2D eigenvalue weighted by molar-refractivity contribution is -0.134. The number of para-hydroxylation sites is 1. The standard InChI is InChI=1S/C29H28N4O6/c1-20-9-8-10-21(17-20)32-27(35)30-28(36)33(29(32)37)22-13-14-24(39-23-11-4-2-5-12-23)25(18-22)38-19-26(34)31-15-6-3-7-16-31/h2,4-5,8-14,17-18H,3,6-7,15-16,19H2,1H3,(H,30,35,36). The van der Waals surface area contributed by atoms with Crippen molar-refractivity contribution in [1.82, 2.24) is 19.0 Å². The zero-order valence-electron chi connectivity index (χ0n) is 21.5. The number of benzene rings is 3. The number of H-pyrrole nitrogens is 1. The zero-order valence-corrected chi connectivity index (χ0v) is 21.5. The van der Waals surface area contributed by atoms with Gasteiger partial charge in [0.25, 0.3) is 5.91 Å². The van der Waals surface area contributed by atoms with E-state index in [4.69, 9.17) is 9.47 Å². The first-order chi connectivity index (χ1) is 18.9. The van der Waals surface area contributed by atoms with E-state index in [1.807, 2.05) is 31.2 Å². The summed E-state index contributed by atoms with van der Waals surface area (Å²) in [4.78, 5) is 55.7. The van der Waals surface area contributed by atoms with E-state index < -0.39 is 17.1 Å². The third kappa shape index (κ3) is 5.69. The molecule has 5 rings (SSSR count). The Kier molecular flexibility index (Phi) is 7.44. The number of carbonyl (C=O) groups excluding carboxylic acids is 1. The van der Waals surface area contributed by atoms with Crippen molar-refractivity contribution < 1.29 is 14.3 Å². The molecule has 2 heterocycles. The SMILES string of the molecule is Cc1cccc(-n2c(=O)[nH]c(=O)n(-c3ccc(Oc4ccccc4)c(OCC(=O)N4CCCCC4)c3)c2=O)c1. The molecular weight excluding hydrogens is 500 g/mol. The van der Waals surface area contributed by atoms with Gasteiger partial charge in [-0.15, -0.1) is 0 Å². The maximum Gasteiger partial charge on any atom is 0.345 e. The number of ether oxygens (including phenoxy) is 2. The Morgan fingerprint density at radius 2 is 1.49 bits per heavy atom. The number of aromatic amines is 1. The number of hydrogen-bond acceptors (Lipinski definition) is 6. The van der Waals surface area contributed by atoms with E-state index in [0.717, 1.165) is 34.0 Å². The summed E-state index contributed by atoms with van der Waals surface area (Å²) in [5.41, 5.74) is -1.29. The number of nitrogens with one attached hydrogen (secondary N) is 1. The molecule has 200 valence electrons. The second-order valence-electron chi connectivity index (χ2n) is 9.30. The van der Waals surface area contributed by atoms with Crippen molar-refractivity contribution >= 4 is 5.91 Å². The molecule has 1 aromatic heterocycles. The number of hydrogen-bond donors (Lipinski definition) is 1. The van der Waals surface area contributed by atoms with Crippen molar-refractivity contribution in [1.29, 1.82) is 0 Å². The molecule has 1 saturated heterocycles. The van der Waals surface area contributed by atoms with E-state index >= 15 is 0 Å². The Hall–Kier alpha value is -4.86. The highest BCUT2D eigenvalue weighted by atomic mass is 16.5. The van der Waals surface area contributed by atoms with E-state index in [1.165, 1.54) is 12.1 Å². The van der Waals surface area contributed by atoms with Crippen LogP contribution in [0.2, 0.25) is 0 Å². The molecule has 1 aliphatic heterocycles. The highest BCUT2D eigenvalue weighted by Crippen LogP contribution is 2.33. The predicted octanol–water partition coefficient (Wildman–Crippen LogP) is 3.17. The van der Waals surface area contributed by atoms with Gasteiger partial charge in [-0.05, 0) is 68.1 Å². The third-order valence-corrected chi connectivity index (χ3v) is 6.48. The number of aryl methyl sites for hydroxylation is 1. The average molecular weight is 529 g/mol. The van der Waals surface area contributed by atoms with Crippen LogP contribution < -0.4 is 26.5 Å². The van der Waals surface area contributed by atoms with Crippen LogP contribution >= 0.6 is 0 Å². The fourth-order valence-electron chi connectivity index (χ4n) is 4.52. The molecule has 0 radical (unpaired) electrons. The molecular formula is C29H28N4O6. The Morgan fingerprint density at radius 1 is 0.795 bits per heavy atom. The number of nitrogens with zero attached hydrogens (tertiary/aromatic N) is 3. The van der Waals surface area contributed by atoms with Crippen LogP contribution in [0.4, 0.5) is 0 Å². The van der Waals surface area contributed by atoms with E-state index in [2.05, 4.69) is 4.98 Å². The smallest absolute Gasteiger partial charge is 0.345 e. The first-order valence-electron chi connectivity index (χ1n) is 12.7. The number of piperidine rings is 1. The van der Waals surface area contributed by atoms with Gasteiger partial charge in [0.1, 0.15) is 5.75 Å². The second kappa shape index (κ2) is 11.3. The maximum absolute atomic E-state index is 13.5. The molecule has 0 atom stereocenters. The summed E-state index contributed by atoms with van der Waals surface area (Å²) < 4.78 is 13.6. The molecule has 10 heteroatoms. The highest BCUT2D eigenvalue weighted by Gasteiger charge is 2.20. The molecule has 0 unspecified atom stereocenters. The zero-order chi connectivity index (χ0) is 27.4. The third-order valence-electron chi connectivity index (χ3n) is 6.48. The van der Waals surface area contributed by atoms with Crippen LogP contribution in [0.5, 0.6) is 17.2 Å². The van der Waals surface area contributed by atoms with Crippen LogP contribution in [0.15, 0.2) is 87.2 Å². The first kappa shape index (κ1) is 25.8. The first-order valence-corrected chi connectivity index (χ1v) is 12.7. The number of carbonyl (C=O) groups is 1. The summed E-state index contributed by atoms with van der Waals surface area (Å²) in [5, 5.41) is 0. The Labute approximate surface area is 223 Å². The van der Waals surface area contributed by atoms with Gasteiger partial charge in [0, 0.05) is 19.2 Å². The summed E-state index contributed by atoms with van der Waals surface area (Å²) in [6.07, 6.45) is 2.99. The molecule has 0 spiro atoms. The maximum atomic E-state index is 13.5. The minimum Gasteiger partial charge on any atom is -0.480 e. The minimum atomic E-state index is -0.902. The molecule has 4 aromatic rings. The molecule has 1 amide bonds. The van der Waals surface area contributed by atoms with Crippen molar-refractivity contribution in [3.05, 3.63) is 110 Å². The van der Waals surface area contributed by atoms with Crippen molar-refractivity contribution in [2.24, 2.45) is 0 Å². The van der Waals surface area contributed by atoms with E-state index in [0.29, 0.717) is 30.3 Å². The fraction of sp³-hybridized carbons (Fsp3) is 0.241. The van der Waals surface area contributed by atoms with Gasteiger partial charge in [0.2, 0.25) is 0 Å². The summed E-state index contributed by atoms with van der Waals surface area (Å²) in [5.74, 6) is 0.850. The van der Waals surface area contributed by atoms with Crippen LogP contribution in [-0.4, -0.2) is 44.6 Å². The molecule has 10 nitrogen and oxygen atoms in total. The van der Waals surface area contributed by atoms with Crippen LogP contribution in [-0.2, 0) is 4.79 Å². The predicted molar refractivity (Wildman–Crippen MR) is 145 cm³/mol. The highest BCUT2D eigenvalue weighted by molar-refractivity contribution is 5.78. The molecule has 0 aliphatic carbocycles. The van der Waals surface area contributed by atoms with Crippen molar-refractivity contribution in [3.63, 3.8) is 0 Å². The van der Waals surface area contributed by atoms with Crippen LogP contribution in [0, 0.1) is 6.92 Å². The largest absolute Gasteiger partial charge is 0.480 e. The van der Waals surface area contributed by atoms with Gasteiger partial charge in [-0.25, -0.2) is 23.5 Å². The summed E-state index contributed by atoms with van der Waals surface area (Å²) in [7, 11) is 0. The van der Waals surface area contributed by atoms with Crippen LogP contribution in [0.25, 0.3) is 11.4 Å². The molecule has 1 fully saturated rings. The molecule has 3 aromatic carbocycles. The normalized spacial score (nSPS) is 13.2. The number of amides is 1. The van der Waals surface area contributed by atoms with Gasteiger partial charge in [-0.1, -0.05) is 30.3 Å².